The highest BCUT2D eigenvalue weighted by Gasteiger charge is 2.44. The first kappa shape index (κ1) is 19.5. The molecule has 0 radical (unpaired) electrons. The minimum absolute atomic E-state index is 0.0844. The molecule has 7 heteroatoms. The smallest absolute Gasteiger partial charge is 0.329 e. The molecule has 1 heterocycles. The summed E-state index contributed by atoms with van der Waals surface area (Å²) in [6.07, 6.45) is 0. The summed E-state index contributed by atoms with van der Waals surface area (Å²) in [5, 5.41) is 0. The summed E-state index contributed by atoms with van der Waals surface area (Å²) < 4.78 is 23.9. The molecule has 6 nitrogen and oxygen atoms in total. The van der Waals surface area contributed by atoms with E-state index in [4.69, 9.17) is 9.47 Å². The van der Waals surface area contributed by atoms with E-state index in [9.17, 15) is 18.8 Å². The number of benzene rings is 2. The molecule has 1 aliphatic heterocycles. The van der Waals surface area contributed by atoms with Gasteiger partial charge in [-0.05, 0) is 35.7 Å². The van der Waals surface area contributed by atoms with Crippen molar-refractivity contribution in [3.8, 4) is 5.75 Å². The number of carbonyl (C=O) groups excluding carboxylic acids is 3. The fraction of sp³-hybridized carbons (Fsp3) is 0.286. The summed E-state index contributed by atoms with van der Waals surface area (Å²) in [7, 11) is 1.35. The molecule has 0 saturated carbocycles. The fourth-order valence-electron chi connectivity index (χ4n) is 3.18. The highest BCUT2D eigenvalue weighted by molar-refractivity contribution is 6.22. The Hall–Kier alpha value is -3.22. The Morgan fingerprint density at radius 2 is 1.68 bits per heavy atom. The molecular weight excluding hydrogens is 365 g/mol. The molecule has 0 bridgehead atoms. The van der Waals surface area contributed by atoms with Crippen LogP contribution in [0.2, 0.25) is 0 Å². The van der Waals surface area contributed by atoms with Gasteiger partial charge in [-0.3, -0.25) is 14.5 Å². The molecule has 0 saturated heterocycles. The van der Waals surface area contributed by atoms with Crippen molar-refractivity contribution in [3.05, 3.63) is 65.0 Å². The van der Waals surface area contributed by atoms with Crippen LogP contribution in [-0.2, 0) is 16.1 Å². The molecule has 28 heavy (non-hydrogen) atoms. The standard InChI is InChI=1S/C21H20FNO5/c1-12(2)18(23-19(24)14-6-4-5-7-15(14)20(23)25)21(26)28-11-13-8-9-17(27-3)16(22)10-13/h4-10,12,18H,11H2,1-3H3/t18-/m0/s1. The summed E-state index contributed by atoms with van der Waals surface area (Å²) >= 11 is 0. The maximum Gasteiger partial charge on any atom is 0.329 e. The normalized spacial score (nSPS) is 14.2. The van der Waals surface area contributed by atoms with Gasteiger partial charge in [-0.2, -0.15) is 0 Å². The molecule has 3 rings (SSSR count). The van der Waals surface area contributed by atoms with Crippen LogP contribution in [0.3, 0.4) is 0 Å². The molecular formula is C21H20FNO5. The predicted molar refractivity (Wildman–Crippen MR) is 98.3 cm³/mol. The summed E-state index contributed by atoms with van der Waals surface area (Å²) in [5.74, 6) is -2.61. The topological polar surface area (TPSA) is 72.9 Å². The molecule has 2 amide bonds. The molecule has 0 spiro atoms. The number of imide groups is 1. The molecule has 1 aliphatic rings. The lowest BCUT2D eigenvalue weighted by Crippen LogP contribution is -2.48. The van der Waals surface area contributed by atoms with Gasteiger partial charge in [0.15, 0.2) is 11.6 Å². The Morgan fingerprint density at radius 1 is 1.07 bits per heavy atom. The molecule has 2 aromatic carbocycles. The van der Waals surface area contributed by atoms with E-state index in [0.717, 1.165) is 4.90 Å². The highest BCUT2D eigenvalue weighted by atomic mass is 19.1. The number of ether oxygens (including phenoxy) is 2. The number of rotatable bonds is 6. The number of carbonyl (C=O) groups is 3. The predicted octanol–water partition coefficient (Wildman–Crippen LogP) is 3.20. The number of esters is 1. The van der Waals surface area contributed by atoms with Crippen molar-refractivity contribution in [2.75, 3.05) is 7.11 Å². The number of methoxy groups -OCH3 is 1. The number of nitrogens with zero attached hydrogens (tertiary/aromatic N) is 1. The zero-order valence-electron chi connectivity index (χ0n) is 15.8. The molecule has 0 N–H and O–H groups in total. The Balaban J connectivity index is 1.78. The van der Waals surface area contributed by atoms with Gasteiger partial charge in [0.25, 0.3) is 11.8 Å². The molecule has 2 aromatic rings. The minimum atomic E-state index is -1.07. The van der Waals surface area contributed by atoms with Gasteiger partial charge in [0.1, 0.15) is 12.6 Å². The van der Waals surface area contributed by atoms with Crippen molar-refractivity contribution >= 4 is 17.8 Å². The van der Waals surface area contributed by atoms with Crippen LogP contribution in [0.5, 0.6) is 5.75 Å². The van der Waals surface area contributed by atoms with Crippen LogP contribution in [-0.4, -0.2) is 35.8 Å². The van der Waals surface area contributed by atoms with Crippen LogP contribution in [0.1, 0.15) is 40.1 Å². The Labute approximate surface area is 161 Å². The van der Waals surface area contributed by atoms with Crippen molar-refractivity contribution in [1.82, 2.24) is 4.90 Å². The van der Waals surface area contributed by atoms with Gasteiger partial charge in [0, 0.05) is 0 Å². The SMILES string of the molecule is COc1ccc(COC(=O)[C@H](C(C)C)N2C(=O)c3ccccc3C2=O)cc1F. The van der Waals surface area contributed by atoms with E-state index in [1.165, 1.54) is 19.2 Å². The van der Waals surface area contributed by atoms with Crippen LogP contribution in [0, 0.1) is 11.7 Å². The number of hydrogen-bond donors (Lipinski definition) is 0. The summed E-state index contributed by atoms with van der Waals surface area (Å²) in [5.41, 5.74) is 0.961. The van der Waals surface area contributed by atoms with Crippen molar-refractivity contribution in [1.29, 1.82) is 0 Å². The highest BCUT2D eigenvalue weighted by Crippen LogP contribution is 2.28. The van der Waals surface area contributed by atoms with Crippen LogP contribution in [0.4, 0.5) is 4.39 Å². The van der Waals surface area contributed by atoms with Crippen molar-refractivity contribution < 1.29 is 28.2 Å². The second kappa shape index (κ2) is 7.80. The van der Waals surface area contributed by atoms with Crippen LogP contribution < -0.4 is 4.74 Å². The van der Waals surface area contributed by atoms with Gasteiger partial charge < -0.3 is 9.47 Å². The second-order valence-corrected chi connectivity index (χ2v) is 6.79. The minimum Gasteiger partial charge on any atom is -0.494 e. The molecule has 146 valence electrons. The van der Waals surface area contributed by atoms with Crippen LogP contribution in [0.15, 0.2) is 42.5 Å². The summed E-state index contributed by atoms with van der Waals surface area (Å²) in [6.45, 7) is 3.26. The second-order valence-electron chi connectivity index (χ2n) is 6.79. The van der Waals surface area contributed by atoms with Gasteiger partial charge in [0.05, 0.1) is 18.2 Å². The van der Waals surface area contributed by atoms with Gasteiger partial charge in [-0.15, -0.1) is 0 Å². The largest absolute Gasteiger partial charge is 0.494 e. The van der Waals surface area contributed by atoms with E-state index in [1.54, 1.807) is 44.2 Å². The third-order valence-corrected chi connectivity index (χ3v) is 4.57. The Morgan fingerprint density at radius 3 is 2.18 bits per heavy atom. The van der Waals surface area contributed by atoms with E-state index in [0.29, 0.717) is 5.56 Å². The fourth-order valence-corrected chi connectivity index (χ4v) is 3.18. The zero-order valence-corrected chi connectivity index (χ0v) is 15.8. The molecule has 0 aromatic heterocycles. The number of halogens is 1. The number of fused-ring (bicyclic) bond motifs is 1. The average Bonchev–Trinajstić information content (AvgIpc) is 2.92. The summed E-state index contributed by atoms with van der Waals surface area (Å²) in [6, 6.07) is 9.57. The van der Waals surface area contributed by atoms with Gasteiger partial charge in [-0.25, -0.2) is 9.18 Å². The molecule has 0 aliphatic carbocycles. The zero-order chi connectivity index (χ0) is 20.4. The van der Waals surface area contributed by atoms with Crippen molar-refractivity contribution in [3.63, 3.8) is 0 Å². The lowest BCUT2D eigenvalue weighted by Gasteiger charge is -2.27. The van der Waals surface area contributed by atoms with Crippen molar-refractivity contribution in [2.45, 2.75) is 26.5 Å². The number of amides is 2. The third-order valence-electron chi connectivity index (χ3n) is 4.57. The third kappa shape index (κ3) is 3.47. The lowest BCUT2D eigenvalue weighted by atomic mass is 10.0. The van der Waals surface area contributed by atoms with E-state index in [1.807, 2.05) is 0 Å². The maximum atomic E-state index is 13.8. The van der Waals surface area contributed by atoms with E-state index >= 15 is 0 Å². The first-order chi connectivity index (χ1) is 13.3. The lowest BCUT2D eigenvalue weighted by molar-refractivity contribution is -0.151. The van der Waals surface area contributed by atoms with Crippen LogP contribution in [0.25, 0.3) is 0 Å². The van der Waals surface area contributed by atoms with Gasteiger partial charge >= 0.3 is 5.97 Å². The van der Waals surface area contributed by atoms with Crippen LogP contribution >= 0.6 is 0 Å². The Kier molecular flexibility index (Phi) is 5.44. The molecule has 1 atom stereocenters. The van der Waals surface area contributed by atoms with E-state index in [2.05, 4.69) is 0 Å². The van der Waals surface area contributed by atoms with E-state index in [-0.39, 0.29) is 29.4 Å². The average molecular weight is 385 g/mol. The molecule has 0 fully saturated rings. The van der Waals surface area contributed by atoms with E-state index < -0.39 is 29.6 Å². The Bertz CT molecular complexity index is 905. The first-order valence-electron chi connectivity index (χ1n) is 8.81. The first-order valence-corrected chi connectivity index (χ1v) is 8.81. The quantitative estimate of drug-likeness (QED) is 0.564. The maximum absolute atomic E-state index is 13.8. The van der Waals surface area contributed by atoms with Crippen molar-refractivity contribution in [2.24, 2.45) is 5.92 Å². The van der Waals surface area contributed by atoms with Gasteiger partial charge in [-0.1, -0.05) is 32.0 Å². The monoisotopic (exact) mass is 385 g/mol. The molecule has 0 unspecified atom stereocenters. The number of hydrogen-bond acceptors (Lipinski definition) is 5. The summed E-state index contributed by atoms with van der Waals surface area (Å²) in [4.78, 5) is 39.0. The van der Waals surface area contributed by atoms with Gasteiger partial charge in [0.2, 0.25) is 0 Å².